The molecule has 0 aromatic rings. The first-order chi connectivity index (χ1) is 11.0. The second-order valence-corrected chi connectivity index (χ2v) is 6.29. The fourth-order valence-electron chi connectivity index (χ4n) is 2.86. The molecule has 0 spiro atoms. The highest BCUT2D eigenvalue weighted by atomic mass is 16.5. The zero-order chi connectivity index (χ0) is 17.1. The number of nitrogens with one attached hydrogen (secondary N) is 2. The smallest absolute Gasteiger partial charge is 0.234 e. The molecule has 7 heteroatoms. The van der Waals surface area contributed by atoms with Crippen molar-refractivity contribution in [3.05, 3.63) is 0 Å². The molecule has 2 N–H and O–H groups in total. The van der Waals surface area contributed by atoms with E-state index >= 15 is 0 Å². The van der Waals surface area contributed by atoms with Crippen molar-refractivity contribution in [2.45, 2.75) is 19.3 Å². The standard InChI is InChI=1S/C16H32N4O3/c1-17-15(21)13-20-8-5-14(6-9-20)11-19(2)12-16(22)18-7-4-10-23-3/h14H,4-13H2,1-3H3,(H,17,21)(H,18,22). The number of carbonyl (C=O) groups is 2. The number of piperidine rings is 1. The lowest BCUT2D eigenvalue weighted by atomic mass is 9.96. The van der Waals surface area contributed by atoms with Crippen LogP contribution in [0.5, 0.6) is 0 Å². The van der Waals surface area contributed by atoms with E-state index in [2.05, 4.69) is 20.4 Å². The molecule has 2 amide bonds. The number of ether oxygens (including phenoxy) is 1. The minimum atomic E-state index is 0.0701. The van der Waals surface area contributed by atoms with E-state index in [4.69, 9.17) is 4.74 Å². The molecule has 1 heterocycles. The lowest BCUT2D eigenvalue weighted by Gasteiger charge is -2.33. The number of likely N-dealkylation sites (tertiary alicyclic amines) is 1. The number of methoxy groups -OCH3 is 1. The molecule has 134 valence electrons. The number of nitrogens with zero attached hydrogens (tertiary/aromatic N) is 2. The molecule has 0 radical (unpaired) electrons. The van der Waals surface area contributed by atoms with Gasteiger partial charge >= 0.3 is 0 Å². The van der Waals surface area contributed by atoms with Crippen LogP contribution in [-0.4, -0.2) is 88.7 Å². The summed E-state index contributed by atoms with van der Waals surface area (Å²) in [5, 5.41) is 5.57. The molecule has 1 rings (SSSR count). The molecular formula is C16H32N4O3. The molecule has 1 fully saturated rings. The van der Waals surface area contributed by atoms with Crippen LogP contribution in [0.4, 0.5) is 0 Å². The molecule has 0 bridgehead atoms. The van der Waals surface area contributed by atoms with Crippen LogP contribution >= 0.6 is 0 Å². The van der Waals surface area contributed by atoms with Crippen molar-refractivity contribution in [3.63, 3.8) is 0 Å². The zero-order valence-electron chi connectivity index (χ0n) is 14.8. The van der Waals surface area contributed by atoms with Gasteiger partial charge in [0.25, 0.3) is 0 Å². The van der Waals surface area contributed by atoms with Crippen LogP contribution in [0.3, 0.4) is 0 Å². The number of amides is 2. The van der Waals surface area contributed by atoms with Crippen molar-refractivity contribution < 1.29 is 14.3 Å². The Hall–Kier alpha value is -1.18. The summed E-state index contributed by atoms with van der Waals surface area (Å²) in [7, 11) is 5.32. The van der Waals surface area contributed by atoms with E-state index < -0.39 is 0 Å². The number of carbonyl (C=O) groups excluding carboxylic acids is 2. The minimum absolute atomic E-state index is 0.0701. The average Bonchev–Trinajstić information content (AvgIpc) is 2.53. The molecule has 0 saturated carbocycles. The zero-order valence-corrected chi connectivity index (χ0v) is 14.8. The van der Waals surface area contributed by atoms with Gasteiger partial charge in [-0.3, -0.25) is 19.4 Å². The predicted molar refractivity (Wildman–Crippen MR) is 90.2 cm³/mol. The largest absolute Gasteiger partial charge is 0.385 e. The Morgan fingerprint density at radius 3 is 2.57 bits per heavy atom. The van der Waals surface area contributed by atoms with Gasteiger partial charge in [-0.1, -0.05) is 0 Å². The fourth-order valence-corrected chi connectivity index (χ4v) is 2.86. The second kappa shape index (κ2) is 11.4. The third kappa shape index (κ3) is 8.88. The average molecular weight is 328 g/mol. The molecule has 7 nitrogen and oxygen atoms in total. The lowest BCUT2D eigenvalue weighted by molar-refractivity contribution is -0.123. The summed E-state index contributed by atoms with van der Waals surface area (Å²) in [5.74, 6) is 0.744. The minimum Gasteiger partial charge on any atom is -0.385 e. The van der Waals surface area contributed by atoms with Crippen molar-refractivity contribution in [3.8, 4) is 0 Å². The van der Waals surface area contributed by atoms with E-state index in [0.29, 0.717) is 32.2 Å². The van der Waals surface area contributed by atoms with Gasteiger partial charge in [-0.05, 0) is 45.3 Å². The van der Waals surface area contributed by atoms with Crippen molar-refractivity contribution in [1.29, 1.82) is 0 Å². The lowest BCUT2D eigenvalue weighted by Crippen LogP contribution is -2.43. The van der Waals surface area contributed by atoms with Gasteiger partial charge in [0.15, 0.2) is 0 Å². The summed E-state index contributed by atoms with van der Waals surface area (Å²) >= 11 is 0. The van der Waals surface area contributed by atoms with Crippen LogP contribution in [0, 0.1) is 5.92 Å². The van der Waals surface area contributed by atoms with E-state index in [1.165, 1.54) is 0 Å². The third-order valence-corrected chi connectivity index (χ3v) is 4.18. The Morgan fingerprint density at radius 2 is 1.96 bits per heavy atom. The van der Waals surface area contributed by atoms with Gasteiger partial charge in [-0.2, -0.15) is 0 Å². The van der Waals surface area contributed by atoms with Crippen molar-refractivity contribution in [2.75, 3.05) is 67.1 Å². The molecular weight excluding hydrogens is 296 g/mol. The van der Waals surface area contributed by atoms with Gasteiger partial charge in [0.1, 0.15) is 0 Å². The summed E-state index contributed by atoms with van der Waals surface area (Å²) in [6, 6.07) is 0. The van der Waals surface area contributed by atoms with Gasteiger partial charge in [0.05, 0.1) is 13.1 Å². The number of hydrogen-bond acceptors (Lipinski definition) is 5. The molecule has 1 aliphatic heterocycles. The van der Waals surface area contributed by atoms with Crippen molar-refractivity contribution in [2.24, 2.45) is 5.92 Å². The predicted octanol–water partition coefficient (Wildman–Crippen LogP) is -0.471. The number of rotatable bonds is 10. The highest BCUT2D eigenvalue weighted by Gasteiger charge is 2.22. The maximum atomic E-state index is 11.8. The third-order valence-electron chi connectivity index (χ3n) is 4.18. The van der Waals surface area contributed by atoms with Crippen molar-refractivity contribution in [1.82, 2.24) is 20.4 Å². The second-order valence-electron chi connectivity index (χ2n) is 6.29. The maximum Gasteiger partial charge on any atom is 0.234 e. The van der Waals surface area contributed by atoms with Crippen LogP contribution in [0.2, 0.25) is 0 Å². The van der Waals surface area contributed by atoms with Crippen LogP contribution in [0.1, 0.15) is 19.3 Å². The van der Waals surface area contributed by atoms with E-state index in [-0.39, 0.29) is 11.8 Å². The molecule has 23 heavy (non-hydrogen) atoms. The fraction of sp³-hybridized carbons (Fsp3) is 0.875. The number of likely N-dealkylation sites (N-methyl/N-ethyl adjacent to an activating group) is 2. The molecule has 0 unspecified atom stereocenters. The molecule has 0 aliphatic carbocycles. The molecule has 1 saturated heterocycles. The van der Waals surface area contributed by atoms with Crippen molar-refractivity contribution >= 4 is 11.8 Å². The van der Waals surface area contributed by atoms with E-state index in [0.717, 1.165) is 38.9 Å². The topological polar surface area (TPSA) is 73.9 Å². The Bertz CT molecular complexity index is 357. The first kappa shape index (κ1) is 19.9. The first-order valence-electron chi connectivity index (χ1n) is 8.42. The maximum absolute atomic E-state index is 11.8. The first-order valence-corrected chi connectivity index (χ1v) is 8.42. The summed E-state index contributed by atoms with van der Waals surface area (Å²) in [4.78, 5) is 27.5. The van der Waals surface area contributed by atoms with Crippen LogP contribution in [-0.2, 0) is 14.3 Å². The molecule has 0 aromatic carbocycles. The highest BCUT2D eigenvalue weighted by Crippen LogP contribution is 2.17. The summed E-state index contributed by atoms with van der Waals surface area (Å²) < 4.78 is 4.95. The Kier molecular flexibility index (Phi) is 9.82. The Labute approximate surface area is 139 Å². The van der Waals surface area contributed by atoms with Gasteiger partial charge < -0.3 is 15.4 Å². The van der Waals surface area contributed by atoms with Gasteiger partial charge in [0, 0.05) is 33.9 Å². The van der Waals surface area contributed by atoms with Gasteiger partial charge in [-0.15, -0.1) is 0 Å². The van der Waals surface area contributed by atoms with E-state index in [9.17, 15) is 9.59 Å². The quantitative estimate of drug-likeness (QED) is 0.530. The highest BCUT2D eigenvalue weighted by molar-refractivity contribution is 5.78. The van der Waals surface area contributed by atoms with Gasteiger partial charge in [0.2, 0.25) is 11.8 Å². The summed E-state index contributed by atoms with van der Waals surface area (Å²) in [6.45, 7) is 5.10. The van der Waals surface area contributed by atoms with Crippen LogP contribution in [0.25, 0.3) is 0 Å². The van der Waals surface area contributed by atoms with E-state index in [1.54, 1.807) is 14.2 Å². The number of hydrogen-bond donors (Lipinski definition) is 2. The monoisotopic (exact) mass is 328 g/mol. The molecule has 1 aliphatic rings. The Morgan fingerprint density at radius 1 is 1.26 bits per heavy atom. The normalized spacial score (nSPS) is 16.5. The molecule has 0 atom stereocenters. The molecule has 0 aromatic heterocycles. The van der Waals surface area contributed by atoms with Gasteiger partial charge in [-0.25, -0.2) is 0 Å². The summed E-state index contributed by atoms with van der Waals surface area (Å²) in [6.07, 6.45) is 3.00. The summed E-state index contributed by atoms with van der Waals surface area (Å²) in [5.41, 5.74) is 0. The van der Waals surface area contributed by atoms with Crippen LogP contribution < -0.4 is 10.6 Å². The van der Waals surface area contributed by atoms with Crippen LogP contribution in [0.15, 0.2) is 0 Å². The SMILES string of the molecule is CNC(=O)CN1CCC(CN(C)CC(=O)NCCCOC)CC1. The van der Waals surface area contributed by atoms with E-state index in [1.807, 2.05) is 7.05 Å². The Balaban J connectivity index is 2.14.